The number of aromatic carboxylic acids is 1. The quantitative estimate of drug-likeness (QED) is 0.850. The predicted molar refractivity (Wildman–Crippen MR) is 72.6 cm³/mol. The second kappa shape index (κ2) is 6.40. The Hall–Kier alpha value is -2.35. The SMILES string of the molecule is COc1cc(OC)nc(Sc2cccc(F)c2C(=O)O)n1. The van der Waals surface area contributed by atoms with Crippen LogP contribution >= 0.6 is 11.8 Å². The summed E-state index contributed by atoms with van der Waals surface area (Å²) < 4.78 is 23.6. The fourth-order valence-corrected chi connectivity index (χ4v) is 2.44. The normalized spacial score (nSPS) is 10.2. The number of methoxy groups -OCH3 is 2. The van der Waals surface area contributed by atoms with Gasteiger partial charge in [0.05, 0.1) is 20.3 Å². The number of rotatable bonds is 5. The third-order valence-electron chi connectivity index (χ3n) is 2.47. The molecular formula is C13H11FN2O4S. The van der Waals surface area contributed by atoms with E-state index >= 15 is 0 Å². The lowest BCUT2D eigenvalue weighted by molar-refractivity contribution is 0.0688. The summed E-state index contributed by atoms with van der Waals surface area (Å²) in [6.07, 6.45) is 0. The van der Waals surface area contributed by atoms with Crippen molar-refractivity contribution in [3.05, 3.63) is 35.6 Å². The van der Waals surface area contributed by atoms with Gasteiger partial charge in [-0.25, -0.2) is 9.18 Å². The predicted octanol–water partition coefficient (Wildman–Crippen LogP) is 2.48. The molecule has 0 fully saturated rings. The third-order valence-corrected chi connectivity index (χ3v) is 3.39. The topological polar surface area (TPSA) is 81.5 Å². The molecule has 0 aliphatic heterocycles. The van der Waals surface area contributed by atoms with Gasteiger partial charge >= 0.3 is 5.97 Å². The minimum Gasteiger partial charge on any atom is -0.481 e. The fraction of sp³-hybridized carbons (Fsp3) is 0.154. The number of hydrogen-bond donors (Lipinski definition) is 1. The molecule has 21 heavy (non-hydrogen) atoms. The monoisotopic (exact) mass is 310 g/mol. The van der Waals surface area contributed by atoms with E-state index in [-0.39, 0.29) is 21.8 Å². The summed E-state index contributed by atoms with van der Waals surface area (Å²) in [7, 11) is 2.86. The molecule has 110 valence electrons. The Balaban J connectivity index is 2.43. The summed E-state index contributed by atoms with van der Waals surface area (Å²) in [5.41, 5.74) is -0.423. The lowest BCUT2D eigenvalue weighted by atomic mass is 10.2. The molecule has 0 saturated carbocycles. The van der Waals surface area contributed by atoms with Crippen LogP contribution in [0.1, 0.15) is 10.4 Å². The highest BCUT2D eigenvalue weighted by atomic mass is 32.2. The number of carboxylic acid groups (broad SMARTS) is 1. The zero-order valence-corrected chi connectivity index (χ0v) is 12.0. The molecule has 1 aromatic heterocycles. The molecule has 0 aliphatic carbocycles. The lowest BCUT2D eigenvalue weighted by Crippen LogP contribution is -2.03. The maximum atomic E-state index is 13.6. The smallest absolute Gasteiger partial charge is 0.339 e. The van der Waals surface area contributed by atoms with Crippen LogP contribution in [0, 0.1) is 5.82 Å². The van der Waals surface area contributed by atoms with Crippen molar-refractivity contribution in [1.29, 1.82) is 0 Å². The molecule has 1 aromatic carbocycles. The maximum absolute atomic E-state index is 13.6. The fourth-order valence-electron chi connectivity index (χ4n) is 1.53. The van der Waals surface area contributed by atoms with Crippen LogP contribution in [0.2, 0.25) is 0 Å². The first-order valence-electron chi connectivity index (χ1n) is 5.72. The number of carboxylic acids is 1. The molecule has 0 unspecified atom stereocenters. The Morgan fingerprint density at radius 2 is 1.86 bits per heavy atom. The molecule has 6 nitrogen and oxygen atoms in total. The number of carbonyl (C=O) groups is 1. The van der Waals surface area contributed by atoms with Crippen molar-refractivity contribution >= 4 is 17.7 Å². The first kappa shape index (κ1) is 15.0. The first-order chi connectivity index (χ1) is 10.0. The second-order valence-corrected chi connectivity index (χ2v) is 4.76. The van der Waals surface area contributed by atoms with Crippen LogP contribution in [0.15, 0.2) is 34.3 Å². The van der Waals surface area contributed by atoms with Crippen molar-refractivity contribution in [1.82, 2.24) is 9.97 Å². The Kier molecular flexibility index (Phi) is 4.59. The van der Waals surface area contributed by atoms with Crippen LogP contribution in [-0.4, -0.2) is 35.3 Å². The second-order valence-electron chi connectivity index (χ2n) is 3.76. The van der Waals surface area contributed by atoms with Crippen molar-refractivity contribution in [3.8, 4) is 11.8 Å². The van der Waals surface area contributed by atoms with Gasteiger partial charge in [-0.1, -0.05) is 6.07 Å². The Morgan fingerprint density at radius 3 is 2.38 bits per heavy atom. The number of benzene rings is 1. The van der Waals surface area contributed by atoms with E-state index in [0.717, 1.165) is 17.8 Å². The molecule has 0 amide bonds. The molecular weight excluding hydrogens is 299 g/mol. The van der Waals surface area contributed by atoms with Crippen molar-refractivity contribution in [2.45, 2.75) is 10.1 Å². The molecule has 0 aliphatic rings. The Bertz CT molecular complexity index is 659. The zero-order chi connectivity index (χ0) is 15.4. The first-order valence-corrected chi connectivity index (χ1v) is 6.53. The minimum atomic E-state index is -1.36. The minimum absolute atomic E-state index is 0.192. The van der Waals surface area contributed by atoms with Crippen LogP contribution in [-0.2, 0) is 0 Å². The molecule has 1 heterocycles. The Morgan fingerprint density at radius 1 is 1.24 bits per heavy atom. The van der Waals surface area contributed by atoms with Crippen LogP contribution in [0.4, 0.5) is 4.39 Å². The number of nitrogens with zero attached hydrogens (tertiary/aromatic N) is 2. The van der Waals surface area contributed by atoms with E-state index < -0.39 is 17.3 Å². The number of aromatic nitrogens is 2. The summed E-state index contributed by atoms with van der Waals surface area (Å²) in [4.78, 5) is 19.4. The molecule has 0 radical (unpaired) electrons. The van der Waals surface area contributed by atoms with Gasteiger partial charge in [0, 0.05) is 4.90 Å². The van der Waals surface area contributed by atoms with Gasteiger partial charge in [-0.15, -0.1) is 0 Å². The molecule has 1 N–H and O–H groups in total. The van der Waals surface area contributed by atoms with Crippen LogP contribution in [0.5, 0.6) is 11.8 Å². The van der Waals surface area contributed by atoms with Gasteiger partial charge in [-0.05, 0) is 23.9 Å². The summed E-state index contributed by atoms with van der Waals surface area (Å²) in [5.74, 6) is -1.65. The van der Waals surface area contributed by atoms with Crippen molar-refractivity contribution in [2.24, 2.45) is 0 Å². The average Bonchev–Trinajstić information content (AvgIpc) is 2.46. The molecule has 2 aromatic rings. The molecule has 2 rings (SSSR count). The van der Waals surface area contributed by atoms with Gasteiger partial charge in [0.1, 0.15) is 11.4 Å². The molecule has 0 spiro atoms. The van der Waals surface area contributed by atoms with Gasteiger partial charge < -0.3 is 14.6 Å². The Labute approximate surface area is 123 Å². The molecule has 0 atom stereocenters. The van der Waals surface area contributed by atoms with Gasteiger partial charge in [0.15, 0.2) is 5.16 Å². The van der Waals surface area contributed by atoms with E-state index in [1.165, 1.54) is 32.4 Å². The van der Waals surface area contributed by atoms with Gasteiger partial charge in [0.25, 0.3) is 0 Å². The van der Waals surface area contributed by atoms with Gasteiger partial charge in [-0.2, -0.15) is 9.97 Å². The molecule has 0 bridgehead atoms. The number of hydrogen-bond acceptors (Lipinski definition) is 6. The molecule has 0 saturated heterocycles. The summed E-state index contributed by atoms with van der Waals surface area (Å²) in [6.45, 7) is 0. The van der Waals surface area contributed by atoms with Gasteiger partial charge in [-0.3, -0.25) is 0 Å². The van der Waals surface area contributed by atoms with Crippen molar-refractivity contribution in [3.63, 3.8) is 0 Å². The van der Waals surface area contributed by atoms with Crippen LogP contribution in [0.25, 0.3) is 0 Å². The van der Waals surface area contributed by atoms with Crippen molar-refractivity contribution < 1.29 is 23.8 Å². The highest BCUT2D eigenvalue weighted by Crippen LogP contribution is 2.31. The highest BCUT2D eigenvalue weighted by Gasteiger charge is 2.18. The summed E-state index contributed by atoms with van der Waals surface area (Å²) in [6, 6.07) is 5.46. The van der Waals surface area contributed by atoms with E-state index in [0.29, 0.717) is 0 Å². The standard InChI is InChI=1S/C13H11FN2O4S/c1-19-9-6-10(20-2)16-13(15-9)21-8-5-3-4-7(14)11(8)12(17)18/h3-6H,1-2H3,(H,17,18). The van der Waals surface area contributed by atoms with E-state index in [2.05, 4.69) is 9.97 Å². The summed E-state index contributed by atoms with van der Waals surface area (Å²) in [5, 5.41) is 9.28. The van der Waals surface area contributed by atoms with E-state index in [9.17, 15) is 9.18 Å². The van der Waals surface area contributed by atoms with Crippen molar-refractivity contribution in [2.75, 3.05) is 14.2 Å². The maximum Gasteiger partial charge on any atom is 0.339 e. The van der Waals surface area contributed by atoms with E-state index in [1.807, 2.05) is 0 Å². The third kappa shape index (κ3) is 3.40. The highest BCUT2D eigenvalue weighted by molar-refractivity contribution is 7.99. The van der Waals surface area contributed by atoms with Crippen LogP contribution < -0.4 is 9.47 Å². The number of ether oxygens (including phenoxy) is 2. The zero-order valence-electron chi connectivity index (χ0n) is 11.2. The molecule has 8 heteroatoms. The van der Waals surface area contributed by atoms with E-state index in [4.69, 9.17) is 14.6 Å². The average molecular weight is 310 g/mol. The van der Waals surface area contributed by atoms with Crippen LogP contribution in [0.3, 0.4) is 0 Å². The number of halogens is 1. The summed E-state index contributed by atoms with van der Waals surface area (Å²) >= 11 is 0.913. The van der Waals surface area contributed by atoms with Gasteiger partial charge in [0.2, 0.25) is 11.8 Å². The largest absolute Gasteiger partial charge is 0.481 e. The van der Waals surface area contributed by atoms with E-state index in [1.54, 1.807) is 0 Å². The lowest BCUT2D eigenvalue weighted by Gasteiger charge is -2.08.